The zero-order valence-electron chi connectivity index (χ0n) is 12.6. The lowest BCUT2D eigenvalue weighted by Gasteiger charge is -2.18. The summed E-state index contributed by atoms with van der Waals surface area (Å²) in [6.07, 6.45) is 1.65. The van der Waals surface area contributed by atoms with Gasteiger partial charge in [0.05, 0.1) is 5.69 Å². The van der Waals surface area contributed by atoms with Gasteiger partial charge >= 0.3 is 5.97 Å². The summed E-state index contributed by atoms with van der Waals surface area (Å²) in [7, 11) is 0. The maximum Gasteiger partial charge on any atom is 0.326 e. The highest BCUT2D eigenvalue weighted by atomic mass is 19.1. The van der Waals surface area contributed by atoms with Crippen LogP contribution >= 0.6 is 0 Å². The van der Waals surface area contributed by atoms with Gasteiger partial charge in [-0.25, -0.2) is 14.2 Å². The lowest BCUT2D eigenvalue weighted by atomic mass is 10.0. The number of amides is 1. The van der Waals surface area contributed by atoms with Gasteiger partial charge in [-0.3, -0.25) is 9.20 Å². The van der Waals surface area contributed by atoms with Crippen molar-refractivity contribution >= 4 is 17.5 Å². The van der Waals surface area contributed by atoms with Gasteiger partial charge in [0.15, 0.2) is 0 Å². The molecule has 2 rings (SSSR count). The Morgan fingerprint density at radius 2 is 2.09 bits per heavy atom. The van der Waals surface area contributed by atoms with E-state index in [1.54, 1.807) is 13.8 Å². The first-order valence-corrected chi connectivity index (χ1v) is 7.05. The number of halogens is 1. The van der Waals surface area contributed by atoms with Crippen LogP contribution in [0.4, 0.5) is 4.39 Å². The molecule has 0 saturated heterocycles. The van der Waals surface area contributed by atoms with Crippen LogP contribution in [0.5, 0.6) is 0 Å². The Hall–Kier alpha value is -2.44. The molecule has 2 aromatic heterocycles. The molecule has 1 atom stereocenters. The number of carboxylic acids is 1. The van der Waals surface area contributed by atoms with Crippen LogP contribution in [0.1, 0.15) is 37.0 Å². The van der Waals surface area contributed by atoms with Gasteiger partial charge in [-0.15, -0.1) is 0 Å². The second kappa shape index (κ2) is 6.13. The molecule has 0 aliphatic heterocycles. The number of hydrogen-bond acceptors (Lipinski definition) is 3. The van der Waals surface area contributed by atoms with Gasteiger partial charge < -0.3 is 10.4 Å². The molecule has 2 aromatic rings. The molecule has 1 amide bonds. The molecule has 1 unspecified atom stereocenters. The van der Waals surface area contributed by atoms with Crippen LogP contribution in [0.2, 0.25) is 0 Å². The summed E-state index contributed by atoms with van der Waals surface area (Å²) in [6, 6.07) is 1.72. The summed E-state index contributed by atoms with van der Waals surface area (Å²) in [5.74, 6) is -2.46. The Kier molecular flexibility index (Phi) is 4.44. The summed E-state index contributed by atoms with van der Waals surface area (Å²) in [5, 5.41) is 11.7. The molecule has 0 bridgehead atoms. The Balaban J connectivity index is 2.46. The Bertz CT molecular complexity index is 724. The van der Waals surface area contributed by atoms with Gasteiger partial charge in [0.25, 0.3) is 5.91 Å². The molecule has 118 valence electrons. The summed E-state index contributed by atoms with van der Waals surface area (Å²) in [5.41, 5.74) is 1.11. The third kappa shape index (κ3) is 2.93. The Morgan fingerprint density at radius 1 is 1.41 bits per heavy atom. The number of carboxylic acid groups (broad SMARTS) is 1. The molecule has 6 nitrogen and oxygen atoms in total. The van der Waals surface area contributed by atoms with Crippen LogP contribution in [0, 0.1) is 11.7 Å². The number of nitrogens with one attached hydrogen (secondary N) is 1. The zero-order chi connectivity index (χ0) is 16.4. The normalized spacial score (nSPS) is 12.6. The minimum atomic E-state index is -1.11. The SMILES string of the molecule is CCc1nc2ccc(F)cn2c1C(=O)NC(C(=O)O)C(C)C. The molecule has 0 aliphatic rings. The van der Waals surface area contributed by atoms with Crippen molar-refractivity contribution in [1.82, 2.24) is 14.7 Å². The largest absolute Gasteiger partial charge is 0.480 e. The number of nitrogens with zero attached hydrogens (tertiary/aromatic N) is 2. The van der Waals surface area contributed by atoms with Gasteiger partial charge in [-0.1, -0.05) is 20.8 Å². The van der Waals surface area contributed by atoms with Crippen molar-refractivity contribution in [3.05, 3.63) is 35.5 Å². The molecule has 0 radical (unpaired) electrons. The smallest absolute Gasteiger partial charge is 0.326 e. The number of rotatable bonds is 5. The van der Waals surface area contributed by atoms with Crippen LogP contribution in [-0.2, 0) is 11.2 Å². The number of fused-ring (bicyclic) bond motifs is 1. The second-order valence-electron chi connectivity index (χ2n) is 5.37. The number of hydrogen-bond donors (Lipinski definition) is 2. The van der Waals surface area contributed by atoms with E-state index >= 15 is 0 Å². The highest BCUT2D eigenvalue weighted by Crippen LogP contribution is 2.15. The molecule has 2 N–H and O–H groups in total. The predicted octanol–water partition coefficient (Wildman–Crippen LogP) is 1.87. The highest BCUT2D eigenvalue weighted by Gasteiger charge is 2.27. The topological polar surface area (TPSA) is 83.7 Å². The number of aromatic nitrogens is 2. The minimum Gasteiger partial charge on any atom is -0.480 e. The molecule has 0 fully saturated rings. The Morgan fingerprint density at radius 3 is 2.64 bits per heavy atom. The van der Waals surface area contributed by atoms with Crippen molar-refractivity contribution in [2.75, 3.05) is 0 Å². The maximum atomic E-state index is 13.4. The summed E-state index contributed by atoms with van der Waals surface area (Å²) in [6.45, 7) is 5.23. The van der Waals surface area contributed by atoms with Gasteiger partial charge in [0.1, 0.15) is 23.2 Å². The Labute approximate surface area is 127 Å². The lowest BCUT2D eigenvalue weighted by molar-refractivity contribution is -0.140. The van der Waals surface area contributed by atoms with Crippen molar-refractivity contribution in [2.45, 2.75) is 33.2 Å². The van der Waals surface area contributed by atoms with Crippen molar-refractivity contribution in [2.24, 2.45) is 5.92 Å². The van der Waals surface area contributed by atoms with Gasteiger partial charge in [0.2, 0.25) is 0 Å². The molecule has 0 aliphatic carbocycles. The van der Waals surface area contributed by atoms with E-state index in [0.717, 1.165) is 0 Å². The third-order valence-electron chi connectivity index (χ3n) is 3.42. The van der Waals surface area contributed by atoms with Crippen molar-refractivity contribution < 1.29 is 19.1 Å². The molecule has 2 heterocycles. The van der Waals surface area contributed by atoms with Crippen LogP contribution in [0.15, 0.2) is 18.3 Å². The number of carbonyl (C=O) groups is 2. The molecule has 7 heteroatoms. The predicted molar refractivity (Wildman–Crippen MR) is 78.3 cm³/mol. The third-order valence-corrected chi connectivity index (χ3v) is 3.42. The molecule has 22 heavy (non-hydrogen) atoms. The van der Waals surface area contributed by atoms with Crippen LogP contribution in [0.25, 0.3) is 5.65 Å². The van der Waals surface area contributed by atoms with Crippen LogP contribution in [-0.4, -0.2) is 32.4 Å². The van der Waals surface area contributed by atoms with Crippen molar-refractivity contribution in [3.63, 3.8) is 0 Å². The number of pyridine rings is 1. The first-order chi connectivity index (χ1) is 10.3. The van der Waals surface area contributed by atoms with E-state index in [2.05, 4.69) is 10.3 Å². The fourth-order valence-electron chi connectivity index (χ4n) is 2.28. The molecule has 0 aromatic carbocycles. The fraction of sp³-hybridized carbons (Fsp3) is 0.400. The zero-order valence-corrected chi connectivity index (χ0v) is 12.6. The van der Waals surface area contributed by atoms with Gasteiger partial charge in [0, 0.05) is 6.20 Å². The minimum absolute atomic E-state index is 0.170. The summed E-state index contributed by atoms with van der Waals surface area (Å²) in [4.78, 5) is 28.0. The van der Waals surface area contributed by atoms with E-state index in [1.165, 1.54) is 22.7 Å². The molecule has 0 spiro atoms. The van der Waals surface area contributed by atoms with Gasteiger partial charge in [-0.05, 0) is 24.5 Å². The molecule has 0 saturated carbocycles. The molecular weight excluding hydrogens is 289 g/mol. The number of aliphatic carboxylic acids is 1. The maximum absolute atomic E-state index is 13.4. The summed E-state index contributed by atoms with van der Waals surface area (Å²) < 4.78 is 14.8. The lowest BCUT2D eigenvalue weighted by Crippen LogP contribution is -2.44. The van der Waals surface area contributed by atoms with E-state index in [9.17, 15) is 19.1 Å². The van der Waals surface area contributed by atoms with Gasteiger partial charge in [-0.2, -0.15) is 0 Å². The van der Waals surface area contributed by atoms with E-state index in [4.69, 9.17) is 0 Å². The number of carbonyl (C=O) groups excluding carboxylic acids is 1. The van der Waals surface area contributed by atoms with E-state index in [-0.39, 0.29) is 11.6 Å². The number of aryl methyl sites for hydroxylation is 1. The van der Waals surface area contributed by atoms with Crippen LogP contribution < -0.4 is 5.32 Å². The fourth-order valence-corrected chi connectivity index (χ4v) is 2.28. The van der Waals surface area contributed by atoms with E-state index in [0.29, 0.717) is 17.8 Å². The standard InChI is InChI=1S/C15H18FN3O3/c1-4-10-13(14(20)18-12(8(2)3)15(21)22)19-7-9(16)5-6-11(19)17-10/h5-8,12H,4H2,1-3H3,(H,18,20)(H,21,22). The highest BCUT2D eigenvalue weighted by molar-refractivity contribution is 5.97. The van der Waals surface area contributed by atoms with E-state index in [1.807, 2.05) is 6.92 Å². The summed E-state index contributed by atoms with van der Waals surface area (Å²) >= 11 is 0. The average Bonchev–Trinajstić information content (AvgIpc) is 2.81. The van der Waals surface area contributed by atoms with Crippen molar-refractivity contribution in [3.8, 4) is 0 Å². The van der Waals surface area contributed by atoms with Crippen molar-refractivity contribution in [1.29, 1.82) is 0 Å². The molecular formula is C15H18FN3O3. The quantitative estimate of drug-likeness (QED) is 0.883. The first kappa shape index (κ1) is 15.9. The average molecular weight is 307 g/mol. The first-order valence-electron chi connectivity index (χ1n) is 7.05. The number of imidazole rings is 1. The second-order valence-corrected chi connectivity index (χ2v) is 5.37. The van der Waals surface area contributed by atoms with E-state index < -0.39 is 23.7 Å². The van der Waals surface area contributed by atoms with Crippen LogP contribution in [0.3, 0.4) is 0 Å². The monoisotopic (exact) mass is 307 g/mol.